The van der Waals surface area contributed by atoms with Crippen molar-refractivity contribution in [2.24, 2.45) is 5.73 Å². The number of hydrogen-bond acceptors (Lipinski definition) is 4. The molecular formula is C14H15N3OS2. The molecule has 0 radical (unpaired) electrons. The quantitative estimate of drug-likeness (QED) is 0.833. The number of carbonyl (C=O) groups excluding carboxylic acids is 1. The molecular weight excluding hydrogens is 290 g/mol. The van der Waals surface area contributed by atoms with Crippen LogP contribution in [0.2, 0.25) is 0 Å². The highest BCUT2D eigenvalue weighted by Gasteiger charge is 2.17. The second-order valence-corrected chi connectivity index (χ2v) is 5.71. The van der Waals surface area contributed by atoms with Gasteiger partial charge in [0.2, 0.25) is 0 Å². The van der Waals surface area contributed by atoms with Crippen LogP contribution in [0.1, 0.15) is 21.8 Å². The Morgan fingerprint density at radius 1 is 1.35 bits per heavy atom. The van der Waals surface area contributed by atoms with E-state index >= 15 is 0 Å². The van der Waals surface area contributed by atoms with Gasteiger partial charge in [0, 0.05) is 19.2 Å². The summed E-state index contributed by atoms with van der Waals surface area (Å²) in [5.74, 6) is -0.0121. The van der Waals surface area contributed by atoms with Gasteiger partial charge in [-0.05, 0) is 23.6 Å². The molecule has 104 valence electrons. The maximum absolute atomic E-state index is 12.4. The molecule has 4 nitrogen and oxygen atoms in total. The number of aromatic nitrogens is 1. The summed E-state index contributed by atoms with van der Waals surface area (Å²) < 4.78 is 0. The summed E-state index contributed by atoms with van der Waals surface area (Å²) in [7, 11) is 0. The van der Waals surface area contributed by atoms with E-state index in [0.717, 1.165) is 5.69 Å². The number of carbonyl (C=O) groups is 1. The van der Waals surface area contributed by atoms with Crippen LogP contribution in [0.4, 0.5) is 0 Å². The van der Waals surface area contributed by atoms with Crippen LogP contribution in [0.25, 0.3) is 0 Å². The lowest BCUT2D eigenvalue weighted by Gasteiger charge is -2.21. The Morgan fingerprint density at radius 2 is 2.20 bits per heavy atom. The van der Waals surface area contributed by atoms with Crippen molar-refractivity contribution in [3.05, 3.63) is 52.5 Å². The van der Waals surface area contributed by atoms with Gasteiger partial charge < -0.3 is 10.6 Å². The Morgan fingerprint density at radius 3 is 2.80 bits per heavy atom. The van der Waals surface area contributed by atoms with Gasteiger partial charge in [-0.2, -0.15) is 0 Å². The first-order valence-electron chi connectivity index (χ1n) is 6.18. The first-order valence-corrected chi connectivity index (χ1v) is 7.46. The van der Waals surface area contributed by atoms with E-state index < -0.39 is 0 Å². The van der Waals surface area contributed by atoms with Crippen LogP contribution in [0.3, 0.4) is 0 Å². The highest BCUT2D eigenvalue weighted by Crippen LogP contribution is 2.14. The van der Waals surface area contributed by atoms with Gasteiger partial charge in [-0.1, -0.05) is 24.4 Å². The standard InChI is InChI=1S/C14H15N3OS2/c15-13(19)6-8-17(10-11-4-1-2-7-16-11)14(18)12-5-3-9-20-12/h1-5,7,9H,6,8,10H2,(H2,15,19). The van der Waals surface area contributed by atoms with E-state index in [1.54, 1.807) is 11.1 Å². The lowest BCUT2D eigenvalue weighted by molar-refractivity contribution is 0.0751. The number of nitrogens with zero attached hydrogens (tertiary/aromatic N) is 2. The van der Waals surface area contributed by atoms with E-state index in [1.807, 2.05) is 35.7 Å². The lowest BCUT2D eigenvalue weighted by Crippen LogP contribution is -2.33. The van der Waals surface area contributed by atoms with E-state index in [4.69, 9.17) is 18.0 Å². The van der Waals surface area contributed by atoms with Crippen LogP contribution < -0.4 is 5.73 Å². The molecule has 20 heavy (non-hydrogen) atoms. The summed E-state index contributed by atoms with van der Waals surface area (Å²) in [5.41, 5.74) is 6.38. The summed E-state index contributed by atoms with van der Waals surface area (Å²) in [4.78, 5) is 19.6. The van der Waals surface area contributed by atoms with Crippen molar-refractivity contribution in [1.82, 2.24) is 9.88 Å². The predicted molar refractivity (Wildman–Crippen MR) is 84.7 cm³/mol. The largest absolute Gasteiger partial charge is 0.393 e. The zero-order valence-electron chi connectivity index (χ0n) is 10.9. The summed E-state index contributed by atoms with van der Waals surface area (Å²) in [6.45, 7) is 0.961. The highest BCUT2D eigenvalue weighted by molar-refractivity contribution is 7.80. The molecule has 2 aromatic rings. The van der Waals surface area contributed by atoms with Gasteiger partial charge in [0.25, 0.3) is 5.91 Å². The van der Waals surface area contributed by atoms with Gasteiger partial charge in [0.15, 0.2) is 0 Å². The summed E-state index contributed by atoms with van der Waals surface area (Å²) >= 11 is 6.32. The molecule has 0 aliphatic rings. The maximum Gasteiger partial charge on any atom is 0.264 e. The molecule has 6 heteroatoms. The molecule has 0 atom stereocenters. The average Bonchev–Trinajstić information content (AvgIpc) is 2.97. The van der Waals surface area contributed by atoms with Crippen LogP contribution >= 0.6 is 23.6 Å². The Labute approximate surface area is 127 Å². The number of hydrogen-bond donors (Lipinski definition) is 1. The van der Waals surface area contributed by atoms with Crippen LogP contribution in [0, 0.1) is 0 Å². The fourth-order valence-corrected chi connectivity index (χ4v) is 2.52. The molecule has 1 amide bonds. The molecule has 2 heterocycles. The number of pyridine rings is 1. The van der Waals surface area contributed by atoms with Crippen LogP contribution in [0.5, 0.6) is 0 Å². The Bertz CT molecular complexity index is 569. The topological polar surface area (TPSA) is 59.2 Å². The third kappa shape index (κ3) is 4.11. The van der Waals surface area contributed by atoms with E-state index in [2.05, 4.69) is 4.98 Å². The molecule has 0 bridgehead atoms. The van der Waals surface area contributed by atoms with E-state index in [-0.39, 0.29) is 5.91 Å². The van der Waals surface area contributed by atoms with Crippen molar-refractivity contribution in [3.63, 3.8) is 0 Å². The normalized spacial score (nSPS) is 10.2. The molecule has 0 saturated heterocycles. The molecule has 0 spiro atoms. The van der Waals surface area contributed by atoms with E-state index in [9.17, 15) is 4.79 Å². The van der Waals surface area contributed by atoms with Crippen molar-refractivity contribution >= 4 is 34.5 Å². The van der Waals surface area contributed by atoms with E-state index in [1.165, 1.54) is 11.3 Å². The van der Waals surface area contributed by atoms with Gasteiger partial charge in [0.1, 0.15) is 0 Å². The first-order chi connectivity index (χ1) is 9.66. The van der Waals surface area contributed by atoms with Gasteiger partial charge in [-0.15, -0.1) is 11.3 Å². The lowest BCUT2D eigenvalue weighted by atomic mass is 10.3. The average molecular weight is 305 g/mol. The Kier molecular flexibility index (Phi) is 5.20. The molecule has 0 saturated carbocycles. The molecule has 2 aromatic heterocycles. The maximum atomic E-state index is 12.4. The van der Waals surface area contributed by atoms with Gasteiger partial charge in [0.05, 0.1) is 22.1 Å². The zero-order chi connectivity index (χ0) is 14.4. The van der Waals surface area contributed by atoms with Crippen molar-refractivity contribution < 1.29 is 4.79 Å². The molecule has 2 rings (SSSR count). The SMILES string of the molecule is NC(=S)CCN(Cc1ccccn1)C(=O)c1cccs1. The summed E-state index contributed by atoms with van der Waals surface area (Å²) in [5, 5.41) is 1.89. The van der Waals surface area contributed by atoms with Crippen LogP contribution in [0.15, 0.2) is 41.9 Å². The number of nitrogens with two attached hydrogens (primary N) is 1. The molecule has 0 aliphatic carbocycles. The monoisotopic (exact) mass is 305 g/mol. The minimum absolute atomic E-state index is 0.0121. The Hall–Kier alpha value is -1.79. The molecule has 0 aliphatic heterocycles. The molecule has 2 N–H and O–H groups in total. The predicted octanol–water partition coefficient (Wildman–Crippen LogP) is 2.46. The fourth-order valence-electron chi connectivity index (χ4n) is 1.74. The van der Waals surface area contributed by atoms with Crippen molar-refractivity contribution in [3.8, 4) is 0 Å². The number of rotatable bonds is 6. The molecule has 0 unspecified atom stereocenters. The number of thiophene rings is 1. The minimum Gasteiger partial charge on any atom is -0.393 e. The second-order valence-electron chi connectivity index (χ2n) is 4.24. The summed E-state index contributed by atoms with van der Waals surface area (Å²) in [6.07, 6.45) is 2.23. The van der Waals surface area contributed by atoms with Gasteiger partial charge >= 0.3 is 0 Å². The molecule has 0 aromatic carbocycles. The Balaban J connectivity index is 2.12. The number of thiocarbonyl (C=S) groups is 1. The first kappa shape index (κ1) is 14.6. The van der Waals surface area contributed by atoms with Gasteiger partial charge in [-0.25, -0.2) is 0 Å². The summed E-state index contributed by atoms with van der Waals surface area (Å²) in [6, 6.07) is 9.34. The van der Waals surface area contributed by atoms with E-state index in [0.29, 0.717) is 29.4 Å². The van der Waals surface area contributed by atoms with Crippen LogP contribution in [-0.2, 0) is 6.54 Å². The fraction of sp³-hybridized carbons (Fsp3) is 0.214. The van der Waals surface area contributed by atoms with Crippen molar-refractivity contribution in [2.75, 3.05) is 6.54 Å². The van der Waals surface area contributed by atoms with Crippen molar-refractivity contribution in [1.29, 1.82) is 0 Å². The number of amides is 1. The van der Waals surface area contributed by atoms with Crippen molar-refractivity contribution in [2.45, 2.75) is 13.0 Å². The minimum atomic E-state index is -0.0121. The smallest absolute Gasteiger partial charge is 0.264 e. The van der Waals surface area contributed by atoms with Gasteiger partial charge in [-0.3, -0.25) is 9.78 Å². The third-order valence-corrected chi connectivity index (χ3v) is 3.79. The molecule has 0 fully saturated rings. The van der Waals surface area contributed by atoms with Crippen LogP contribution in [-0.4, -0.2) is 27.3 Å². The second kappa shape index (κ2) is 7.12. The third-order valence-electron chi connectivity index (χ3n) is 2.73. The zero-order valence-corrected chi connectivity index (χ0v) is 12.5. The highest BCUT2D eigenvalue weighted by atomic mass is 32.1.